The van der Waals surface area contributed by atoms with E-state index in [4.69, 9.17) is 0 Å². The second kappa shape index (κ2) is 4.69. The molecule has 0 unspecified atom stereocenters. The topological polar surface area (TPSA) is 63.6 Å². The lowest BCUT2D eigenvalue weighted by atomic mass is 10.2. The molecule has 1 N–H and O–H groups in total. The van der Waals surface area contributed by atoms with Gasteiger partial charge in [-0.1, -0.05) is 6.07 Å². The molecule has 1 aliphatic rings. The zero-order valence-corrected chi connectivity index (χ0v) is 8.44. The molecule has 0 radical (unpaired) electrons. The quantitative estimate of drug-likeness (QED) is 0.773. The average molecular weight is 223 g/mol. The lowest BCUT2D eigenvalue weighted by Gasteiger charge is -2.03. The molecule has 84 valence electrons. The number of nitrogens with one attached hydrogen (secondary N) is 1. The van der Waals surface area contributed by atoms with Gasteiger partial charge in [0.2, 0.25) is 5.95 Å². The van der Waals surface area contributed by atoms with E-state index in [0.29, 0.717) is 18.8 Å². The molecule has 1 aliphatic heterocycles. The smallest absolute Gasteiger partial charge is 0.435 e. The van der Waals surface area contributed by atoms with Gasteiger partial charge >= 0.3 is 6.09 Å². The molecule has 0 saturated heterocycles. The number of cyclic esters (lactones) is 1. The van der Waals surface area contributed by atoms with Gasteiger partial charge in [0.05, 0.1) is 0 Å². The predicted molar refractivity (Wildman–Crippen MR) is 54.7 cm³/mol. The molecule has 6 heteroatoms. The van der Waals surface area contributed by atoms with Gasteiger partial charge in [0, 0.05) is 12.7 Å². The molecule has 0 bridgehead atoms. The molecule has 5 nitrogen and oxygen atoms in total. The number of carbonyl (C=O) groups excluding carboxylic acids is 1. The molecule has 2 heterocycles. The van der Waals surface area contributed by atoms with Crippen LogP contribution in [-0.2, 0) is 11.2 Å². The number of carbonyl (C=O) groups is 1. The first-order valence-electron chi connectivity index (χ1n) is 4.82. The van der Waals surface area contributed by atoms with Gasteiger partial charge in [-0.15, -0.1) is 0 Å². The van der Waals surface area contributed by atoms with Crippen LogP contribution in [0.3, 0.4) is 0 Å². The van der Waals surface area contributed by atoms with Gasteiger partial charge in [-0.25, -0.2) is 9.78 Å². The van der Waals surface area contributed by atoms with E-state index in [2.05, 4.69) is 20.0 Å². The van der Waals surface area contributed by atoms with Gasteiger partial charge in [0.25, 0.3) is 0 Å². The zero-order chi connectivity index (χ0) is 11.4. The molecule has 0 atom stereocenters. The first-order valence-corrected chi connectivity index (χ1v) is 4.82. The molecular formula is C10H10FN3O2. The Morgan fingerprint density at radius 3 is 3.00 bits per heavy atom. The number of rotatable bonds is 3. The summed E-state index contributed by atoms with van der Waals surface area (Å²) in [4.78, 5) is 17.8. The van der Waals surface area contributed by atoms with Crippen LogP contribution in [-0.4, -0.2) is 30.1 Å². The lowest BCUT2D eigenvalue weighted by Crippen LogP contribution is -2.26. The van der Waals surface area contributed by atoms with E-state index in [-0.39, 0.29) is 6.61 Å². The second-order valence-electron chi connectivity index (χ2n) is 3.28. The first-order chi connectivity index (χ1) is 7.74. The minimum absolute atomic E-state index is 0.195. The van der Waals surface area contributed by atoms with E-state index in [1.807, 2.05) is 0 Å². The Morgan fingerprint density at radius 2 is 2.38 bits per heavy atom. The highest BCUT2D eigenvalue weighted by atomic mass is 19.1. The van der Waals surface area contributed by atoms with Crippen molar-refractivity contribution >= 4 is 11.9 Å². The minimum Gasteiger partial charge on any atom is -0.440 e. The molecule has 1 amide bonds. The van der Waals surface area contributed by atoms with E-state index in [9.17, 15) is 9.18 Å². The van der Waals surface area contributed by atoms with Crippen molar-refractivity contribution in [1.29, 1.82) is 0 Å². The third-order valence-corrected chi connectivity index (χ3v) is 2.09. The van der Waals surface area contributed by atoms with Gasteiger partial charge in [0.15, 0.2) is 6.61 Å². The van der Waals surface area contributed by atoms with Gasteiger partial charge in [-0.2, -0.15) is 9.38 Å². The van der Waals surface area contributed by atoms with E-state index >= 15 is 0 Å². The van der Waals surface area contributed by atoms with Gasteiger partial charge in [-0.3, -0.25) is 0 Å². The van der Waals surface area contributed by atoms with E-state index in [1.54, 1.807) is 6.07 Å². The molecule has 0 fully saturated rings. The Bertz CT molecular complexity index is 417. The maximum absolute atomic E-state index is 12.5. The summed E-state index contributed by atoms with van der Waals surface area (Å²) in [7, 11) is 0. The predicted octanol–water partition coefficient (Wildman–Crippen LogP) is 0.902. The van der Waals surface area contributed by atoms with Crippen LogP contribution in [0.2, 0.25) is 0 Å². The van der Waals surface area contributed by atoms with Crippen molar-refractivity contribution in [2.75, 3.05) is 13.2 Å². The zero-order valence-electron chi connectivity index (χ0n) is 8.44. The fourth-order valence-electron chi connectivity index (χ4n) is 1.30. The number of amidine groups is 1. The standard InChI is InChI=1S/C10H10FN3O2/c11-8-2-1-7(5-13-8)3-4-12-9-6-16-10(15)14-9/h1-2,5H,3-4,6H2,(H,12,14,15). The van der Waals surface area contributed by atoms with Gasteiger partial charge < -0.3 is 10.1 Å². The maximum atomic E-state index is 12.5. The third-order valence-electron chi connectivity index (χ3n) is 2.09. The fourth-order valence-corrected chi connectivity index (χ4v) is 1.30. The second-order valence-corrected chi connectivity index (χ2v) is 3.28. The summed E-state index contributed by atoms with van der Waals surface area (Å²) in [5, 5.41) is 2.96. The number of hydrogen-bond donors (Lipinski definition) is 1. The van der Waals surface area contributed by atoms with Crippen molar-refractivity contribution < 1.29 is 13.9 Å². The third kappa shape index (κ3) is 2.75. The van der Waals surface area contributed by atoms with Crippen LogP contribution in [0, 0.1) is 5.95 Å². The van der Waals surface area contributed by atoms with Crippen LogP contribution >= 0.6 is 0 Å². The molecule has 16 heavy (non-hydrogen) atoms. The van der Waals surface area contributed by atoms with Crippen molar-refractivity contribution in [1.82, 2.24) is 10.3 Å². The largest absolute Gasteiger partial charge is 0.440 e. The number of hydrogen-bond acceptors (Lipinski definition) is 4. The van der Waals surface area contributed by atoms with E-state index < -0.39 is 12.0 Å². The molecule has 2 rings (SSSR count). The summed E-state index contributed by atoms with van der Waals surface area (Å²) in [6.07, 6.45) is 1.60. The van der Waals surface area contributed by atoms with Crippen LogP contribution in [0.1, 0.15) is 5.56 Å². The van der Waals surface area contributed by atoms with Crippen LogP contribution in [0.25, 0.3) is 0 Å². The number of halogens is 1. The summed E-state index contributed by atoms with van der Waals surface area (Å²) in [5.74, 6) is 0.0379. The van der Waals surface area contributed by atoms with Crippen molar-refractivity contribution in [2.45, 2.75) is 6.42 Å². The Labute approximate surface area is 91.4 Å². The Morgan fingerprint density at radius 1 is 1.50 bits per heavy atom. The molecular weight excluding hydrogens is 213 g/mol. The van der Waals surface area contributed by atoms with Crippen LogP contribution in [0.5, 0.6) is 0 Å². The van der Waals surface area contributed by atoms with Crippen LogP contribution in [0.4, 0.5) is 9.18 Å². The summed E-state index contributed by atoms with van der Waals surface area (Å²) in [6, 6.07) is 2.98. The highest BCUT2D eigenvalue weighted by Crippen LogP contribution is 2.00. The number of nitrogens with zero attached hydrogens (tertiary/aromatic N) is 2. The summed E-state index contributed by atoms with van der Waals surface area (Å²) in [5.41, 5.74) is 0.916. The normalized spacial score (nSPS) is 14.6. The summed E-state index contributed by atoms with van der Waals surface area (Å²) >= 11 is 0. The molecule has 0 saturated carbocycles. The minimum atomic E-state index is -0.564. The van der Waals surface area contributed by atoms with Crippen molar-refractivity contribution in [3.8, 4) is 0 Å². The lowest BCUT2D eigenvalue weighted by molar-refractivity contribution is 0.180. The number of pyridine rings is 1. The first kappa shape index (κ1) is 10.5. The van der Waals surface area contributed by atoms with Crippen molar-refractivity contribution in [2.24, 2.45) is 4.99 Å². The monoisotopic (exact) mass is 223 g/mol. The Kier molecular flexibility index (Phi) is 3.09. The number of aromatic nitrogens is 1. The average Bonchev–Trinajstić information content (AvgIpc) is 2.67. The number of amides is 1. The fraction of sp³-hybridized carbons (Fsp3) is 0.300. The SMILES string of the molecule is O=C1N=C(NCCc2ccc(F)nc2)CO1. The van der Waals surface area contributed by atoms with Crippen LogP contribution in [0.15, 0.2) is 23.3 Å². The van der Waals surface area contributed by atoms with Crippen molar-refractivity contribution in [3.63, 3.8) is 0 Å². The number of ether oxygens (including phenoxy) is 1. The Balaban J connectivity index is 1.78. The van der Waals surface area contributed by atoms with Crippen LogP contribution < -0.4 is 5.32 Å². The number of aliphatic imine (C=N–C) groups is 1. The molecule has 0 aliphatic carbocycles. The van der Waals surface area contributed by atoms with E-state index in [1.165, 1.54) is 12.3 Å². The summed E-state index contributed by atoms with van der Waals surface area (Å²) in [6.45, 7) is 0.795. The van der Waals surface area contributed by atoms with Gasteiger partial charge in [0.1, 0.15) is 5.84 Å². The highest BCUT2D eigenvalue weighted by Gasteiger charge is 2.13. The van der Waals surface area contributed by atoms with Gasteiger partial charge in [-0.05, 0) is 18.1 Å². The summed E-state index contributed by atoms with van der Waals surface area (Å²) < 4.78 is 17.1. The molecule has 1 aromatic heterocycles. The van der Waals surface area contributed by atoms with E-state index in [0.717, 1.165) is 5.56 Å². The Hall–Kier alpha value is -1.98. The molecule has 1 aromatic rings. The molecule has 0 spiro atoms. The molecule has 0 aromatic carbocycles. The highest BCUT2D eigenvalue weighted by molar-refractivity contribution is 5.97. The van der Waals surface area contributed by atoms with Crippen molar-refractivity contribution in [3.05, 3.63) is 29.8 Å². The maximum Gasteiger partial charge on any atom is 0.435 e.